The summed E-state index contributed by atoms with van der Waals surface area (Å²) < 4.78 is 0. The van der Waals surface area contributed by atoms with E-state index in [4.69, 9.17) is 0 Å². The second kappa shape index (κ2) is 11.0. The summed E-state index contributed by atoms with van der Waals surface area (Å²) in [7, 11) is 0.424. The van der Waals surface area contributed by atoms with Crippen molar-refractivity contribution in [1.29, 1.82) is 0 Å². The van der Waals surface area contributed by atoms with E-state index in [0.29, 0.717) is 8.58 Å². The molecule has 0 aliphatic rings. The fourth-order valence-corrected chi connectivity index (χ4v) is 2.26. The summed E-state index contributed by atoms with van der Waals surface area (Å²) in [5, 5.41) is 0. The first-order valence-corrected chi connectivity index (χ1v) is 7.30. The van der Waals surface area contributed by atoms with E-state index in [1.807, 2.05) is 74.5 Å². The Morgan fingerprint density at radius 1 is 1.00 bits per heavy atom. The number of benzene rings is 2. The van der Waals surface area contributed by atoms with Crippen molar-refractivity contribution in [2.24, 2.45) is 0 Å². The Hall–Kier alpha value is -0.863. The first-order valence-electron chi connectivity index (χ1n) is 6.09. The maximum absolute atomic E-state index is 11.5. The molecule has 0 N–H and O–H groups in total. The van der Waals surface area contributed by atoms with Crippen molar-refractivity contribution in [2.75, 3.05) is 6.16 Å². The van der Waals surface area contributed by atoms with Crippen LogP contribution in [-0.2, 0) is 0 Å². The summed E-state index contributed by atoms with van der Waals surface area (Å²) in [5.74, 6) is 0. The van der Waals surface area contributed by atoms with E-state index in [0.717, 1.165) is 17.3 Å². The predicted octanol–water partition coefficient (Wildman–Crippen LogP) is 1.64. The molecule has 0 saturated heterocycles. The van der Waals surface area contributed by atoms with Crippen molar-refractivity contribution in [2.45, 2.75) is 13.8 Å². The molecule has 0 bridgehead atoms. The van der Waals surface area contributed by atoms with Crippen LogP contribution in [0.25, 0.3) is 0 Å². The summed E-state index contributed by atoms with van der Waals surface area (Å²) in [6.45, 7) is 4.02. The minimum Gasteiger partial charge on any atom is -1.00 e. The molecule has 0 aliphatic heterocycles. The van der Waals surface area contributed by atoms with Crippen molar-refractivity contribution in [3.8, 4) is 0 Å². The van der Waals surface area contributed by atoms with Gasteiger partial charge < -0.3 is 1.43 Å². The molecule has 0 spiro atoms. The van der Waals surface area contributed by atoms with Crippen LogP contribution in [0.1, 0.15) is 24.3 Å². The molecule has 0 amide bonds. The summed E-state index contributed by atoms with van der Waals surface area (Å²) in [6, 6.07) is 19.8. The number of carbonyl (C=O) groups excluding carboxylic acids is 1. The second-order valence-corrected chi connectivity index (χ2v) is 5.34. The van der Waals surface area contributed by atoms with Crippen molar-refractivity contribution >= 4 is 14.1 Å². The van der Waals surface area contributed by atoms with Crippen molar-refractivity contribution in [1.82, 2.24) is 0 Å². The largest absolute Gasteiger partial charge is 1.00 e. The van der Waals surface area contributed by atoms with Crippen molar-refractivity contribution in [3.05, 3.63) is 71.8 Å². The molecule has 2 aromatic rings. The van der Waals surface area contributed by atoms with Gasteiger partial charge in [0.1, 0.15) is 0 Å². The van der Waals surface area contributed by atoms with Crippen LogP contribution in [0.4, 0.5) is 0 Å². The van der Waals surface area contributed by atoms with Gasteiger partial charge >= 0.3 is 18.9 Å². The third-order valence-corrected chi connectivity index (χ3v) is 3.34. The third-order valence-electron chi connectivity index (χ3n) is 2.39. The molecule has 2 rings (SSSR count). The Morgan fingerprint density at radius 3 is 1.89 bits per heavy atom. The number of hydrogen-bond donors (Lipinski definition) is 0. The quantitative estimate of drug-likeness (QED) is 0.609. The average Bonchev–Trinajstić information content (AvgIpc) is 2.42. The Morgan fingerprint density at radius 2 is 1.47 bits per heavy atom. The van der Waals surface area contributed by atoms with E-state index in [1.54, 1.807) is 0 Å². The molecule has 1 nitrogen and oxygen atoms in total. The summed E-state index contributed by atoms with van der Waals surface area (Å²) in [5.41, 5.74) is 2.26. The average molecular weight is 266 g/mol. The van der Waals surface area contributed by atoms with Gasteiger partial charge in [-0.25, -0.2) is 0 Å². The molecule has 0 aromatic heterocycles. The molecule has 0 saturated carbocycles. The molecule has 3 heteroatoms. The van der Waals surface area contributed by atoms with Gasteiger partial charge in [0.15, 0.2) is 5.52 Å². The van der Waals surface area contributed by atoms with Gasteiger partial charge in [0.05, 0.1) is 0 Å². The van der Waals surface area contributed by atoms with Crippen LogP contribution in [-0.4, -0.2) is 11.7 Å². The van der Waals surface area contributed by atoms with E-state index in [2.05, 4.69) is 0 Å². The number of carbonyl (C=O) groups is 1. The monoisotopic (exact) mass is 266 g/mol. The molecule has 0 heterocycles. The zero-order chi connectivity index (χ0) is 13.2. The van der Waals surface area contributed by atoms with Gasteiger partial charge in [-0.3, -0.25) is 4.79 Å². The third kappa shape index (κ3) is 7.34. The SMILES string of the molecule is CCPC(=O)c1ccccc1C.[H-].[Li+].c1ccccc1. The van der Waals surface area contributed by atoms with Crippen LogP contribution < -0.4 is 18.9 Å². The molecule has 96 valence electrons. The molecular weight excluding hydrogens is 246 g/mol. The molecule has 0 radical (unpaired) electrons. The number of aryl methyl sites for hydroxylation is 1. The number of hydrogen-bond acceptors (Lipinski definition) is 1. The zero-order valence-corrected chi connectivity index (χ0v) is 12.9. The van der Waals surface area contributed by atoms with Crippen LogP contribution in [0.3, 0.4) is 0 Å². The minimum atomic E-state index is 0. The van der Waals surface area contributed by atoms with Gasteiger partial charge in [0, 0.05) is 5.56 Å². The van der Waals surface area contributed by atoms with Gasteiger partial charge in [-0.2, -0.15) is 0 Å². The first kappa shape index (κ1) is 18.1. The van der Waals surface area contributed by atoms with Crippen molar-refractivity contribution in [3.63, 3.8) is 0 Å². The maximum atomic E-state index is 11.5. The molecule has 1 unspecified atom stereocenters. The van der Waals surface area contributed by atoms with Gasteiger partial charge in [0.2, 0.25) is 0 Å². The second-order valence-electron chi connectivity index (χ2n) is 3.83. The van der Waals surface area contributed by atoms with E-state index in [-0.39, 0.29) is 25.8 Å². The fraction of sp³-hybridized carbons (Fsp3) is 0.188. The Bertz CT molecular complexity index is 450. The molecule has 2 aromatic carbocycles. The van der Waals surface area contributed by atoms with Crippen molar-refractivity contribution < 1.29 is 25.1 Å². The molecular formula is C16H20LiOP. The van der Waals surface area contributed by atoms with Crippen LogP contribution in [0, 0.1) is 6.92 Å². The Labute approximate surface area is 131 Å². The molecule has 19 heavy (non-hydrogen) atoms. The predicted molar refractivity (Wildman–Crippen MR) is 81.9 cm³/mol. The Balaban J connectivity index is 0. The minimum absolute atomic E-state index is 0. The molecule has 1 atom stereocenters. The topological polar surface area (TPSA) is 17.1 Å². The fourth-order valence-electron chi connectivity index (χ4n) is 1.47. The van der Waals surface area contributed by atoms with Gasteiger partial charge in [0.25, 0.3) is 0 Å². The summed E-state index contributed by atoms with van der Waals surface area (Å²) in [4.78, 5) is 11.5. The van der Waals surface area contributed by atoms with Crippen LogP contribution in [0.15, 0.2) is 60.7 Å². The number of rotatable bonds is 3. The molecule has 0 aliphatic carbocycles. The standard InChI is InChI=1S/C10H13OP.C6H6.Li.H/c1-3-12-10(11)9-7-5-4-6-8(9)2;1-2-4-6-5-3-1;;/h4-7,12H,3H2,1-2H3;1-6H;;/q;;+1;-1. The van der Waals surface area contributed by atoms with Gasteiger partial charge in [-0.1, -0.05) is 67.6 Å². The van der Waals surface area contributed by atoms with E-state index < -0.39 is 0 Å². The van der Waals surface area contributed by atoms with Gasteiger partial charge in [-0.15, -0.1) is 0 Å². The smallest absolute Gasteiger partial charge is 1.00 e. The van der Waals surface area contributed by atoms with Crippen LogP contribution in [0.2, 0.25) is 0 Å². The van der Waals surface area contributed by atoms with E-state index in [1.165, 1.54) is 0 Å². The normalized spacial score (nSPS) is 9.37. The van der Waals surface area contributed by atoms with Crippen LogP contribution >= 0.6 is 8.58 Å². The van der Waals surface area contributed by atoms with Crippen LogP contribution in [0.5, 0.6) is 0 Å². The zero-order valence-electron chi connectivity index (χ0n) is 12.9. The first-order chi connectivity index (χ1) is 8.75. The van der Waals surface area contributed by atoms with E-state index >= 15 is 0 Å². The molecule has 0 fully saturated rings. The Kier molecular flexibility index (Phi) is 10.5. The van der Waals surface area contributed by atoms with Gasteiger partial charge in [-0.05, 0) is 27.2 Å². The summed E-state index contributed by atoms with van der Waals surface area (Å²) >= 11 is 0. The summed E-state index contributed by atoms with van der Waals surface area (Å²) in [6.07, 6.45) is 0.952. The van der Waals surface area contributed by atoms with E-state index in [9.17, 15) is 4.79 Å². The maximum Gasteiger partial charge on any atom is 1.00 e.